The Hall–Kier alpha value is -2.05. The van der Waals surface area contributed by atoms with Crippen molar-refractivity contribution in [3.8, 4) is 0 Å². The van der Waals surface area contributed by atoms with Gasteiger partial charge in [-0.1, -0.05) is 17.7 Å². The summed E-state index contributed by atoms with van der Waals surface area (Å²) in [5.41, 5.74) is 0.825. The van der Waals surface area contributed by atoms with E-state index >= 15 is 0 Å². The van der Waals surface area contributed by atoms with Gasteiger partial charge in [-0.15, -0.1) is 0 Å². The predicted octanol–water partition coefficient (Wildman–Crippen LogP) is 1.90. The Morgan fingerprint density at radius 1 is 1.41 bits per heavy atom. The van der Waals surface area contributed by atoms with Crippen LogP contribution >= 0.6 is 11.6 Å². The summed E-state index contributed by atoms with van der Waals surface area (Å²) in [7, 11) is 1.48. The number of carbonyl (C=O) groups is 2. The normalized spacial score (nSPS) is 12.3. The summed E-state index contributed by atoms with van der Waals surface area (Å²) in [6, 6.07) is 6.32. The van der Waals surface area contributed by atoms with Crippen molar-refractivity contribution in [3.05, 3.63) is 35.5 Å². The lowest BCUT2D eigenvalue weighted by Gasteiger charge is -2.14. The fraction of sp³-hybridized carbons (Fsp3) is 0.333. The van der Waals surface area contributed by atoms with Gasteiger partial charge in [0.25, 0.3) is 0 Å². The molecule has 0 aliphatic heterocycles. The first-order chi connectivity index (χ1) is 10.5. The van der Waals surface area contributed by atoms with Crippen molar-refractivity contribution in [3.63, 3.8) is 0 Å². The first kappa shape index (κ1) is 16.3. The van der Waals surface area contributed by atoms with Gasteiger partial charge in [-0.05, 0) is 23.6 Å². The number of aromatic nitrogens is 1. The number of nitrogens with one attached hydrogen (secondary N) is 1. The summed E-state index contributed by atoms with van der Waals surface area (Å²) >= 11 is 5.96. The SMILES string of the molecule is COCCC(NC(=O)Cn1ccc2ccc(Cl)cc21)C(=O)O. The third kappa shape index (κ3) is 3.99. The Morgan fingerprint density at radius 3 is 2.86 bits per heavy atom. The van der Waals surface area contributed by atoms with Crippen LogP contribution in [0.3, 0.4) is 0 Å². The number of ether oxygens (including phenoxy) is 1. The summed E-state index contributed by atoms with van der Waals surface area (Å²) in [6.07, 6.45) is 1.99. The maximum Gasteiger partial charge on any atom is 0.326 e. The highest BCUT2D eigenvalue weighted by atomic mass is 35.5. The van der Waals surface area contributed by atoms with Crippen LogP contribution in [0.4, 0.5) is 0 Å². The number of amides is 1. The molecular weight excluding hydrogens is 308 g/mol. The van der Waals surface area contributed by atoms with Gasteiger partial charge in [-0.25, -0.2) is 4.79 Å². The number of carboxylic acid groups (broad SMARTS) is 1. The Balaban J connectivity index is 2.06. The predicted molar refractivity (Wildman–Crippen MR) is 83.0 cm³/mol. The molecule has 7 heteroatoms. The molecule has 0 fully saturated rings. The lowest BCUT2D eigenvalue weighted by molar-refractivity contribution is -0.142. The summed E-state index contributed by atoms with van der Waals surface area (Å²) in [5, 5.41) is 13.1. The monoisotopic (exact) mass is 324 g/mol. The second-order valence-electron chi connectivity index (χ2n) is 4.89. The van der Waals surface area contributed by atoms with Crippen LogP contribution in [-0.4, -0.2) is 41.3 Å². The Kier molecular flexibility index (Phi) is 5.41. The fourth-order valence-corrected chi connectivity index (χ4v) is 2.35. The molecule has 0 spiro atoms. The zero-order chi connectivity index (χ0) is 16.1. The maximum absolute atomic E-state index is 12.0. The van der Waals surface area contributed by atoms with E-state index in [4.69, 9.17) is 21.4 Å². The number of methoxy groups -OCH3 is 1. The highest BCUT2D eigenvalue weighted by Crippen LogP contribution is 2.20. The minimum absolute atomic E-state index is 0.0284. The van der Waals surface area contributed by atoms with Crippen molar-refractivity contribution >= 4 is 34.4 Å². The van der Waals surface area contributed by atoms with Gasteiger partial charge in [0.15, 0.2) is 0 Å². The molecule has 6 nitrogen and oxygen atoms in total. The molecule has 118 valence electrons. The van der Waals surface area contributed by atoms with Gasteiger partial charge >= 0.3 is 5.97 Å². The number of rotatable bonds is 7. The van der Waals surface area contributed by atoms with Crippen LogP contribution < -0.4 is 5.32 Å². The molecule has 0 bridgehead atoms. The number of nitrogens with zero attached hydrogens (tertiary/aromatic N) is 1. The minimum atomic E-state index is -1.08. The molecule has 22 heavy (non-hydrogen) atoms. The molecule has 2 N–H and O–H groups in total. The number of halogens is 1. The number of hydrogen-bond acceptors (Lipinski definition) is 3. The van der Waals surface area contributed by atoms with E-state index in [9.17, 15) is 9.59 Å². The number of aliphatic carboxylic acids is 1. The quantitative estimate of drug-likeness (QED) is 0.815. The van der Waals surface area contributed by atoms with E-state index in [1.54, 1.807) is 22.9 Å². The van der Waals surface area contributed by atoms with Crippen LogP contribution in [0.2, 0.25) is 5.02 Å². The number of fused-ring (bicyclic) bond motifs is 1. The standard InChI is InChI=1S/C15H17ClN2O4/c1-22-7-5-12(15(20)21)17-14(19)9-18-6-4-10-2-3-11(16)8-13(10)18/h2-4,6,8,12H,5,7,9H2,1H3,(H,17,19)(H,20,21). The van der Waals surface area contributed by atoms with Crippen LogP contribution in [0.25, 0.3) is 10.9 Å². The van der Waals surface area contributed by atoms with Crippen molar-refractivity contribution in [2.75, 3.05) is 13.7 Å². The second kappa shape index (κ2) is 7.29. The van der Waals surface area contributed by atoms with E-state index in [0.29, 0.717) is 5.02 Å². The first-order valence-corrected chi connectivity index (χ1v) is 7.14. The third-order valence-electron chi connectivity index (χ3n) is 3.29. The lowest BCUT2D eigenvalue weighted by atomic mass is 10.2. The molecule has 1 aromatic heterocycles. The largest absolute Gasteiger partial charge is 0.480 e. The maximum atomic E-state index is 12.0. The van der Waals surface area contributed by atoms with Gasteiger partial charge in [0.05, 0.1) is 0 Å². The summed E-state index contributed by atoms with van der Waals surface area (Å²) < 4.78 is 6.57. The van der Waals surface area contributed by atoms with Crippen molar-refractivity contribution in [1.29, 1.82) is 0 Å². The molecule has 0 saturated carbocycles. The zero-order valence-electron chi connectivity index (χ0n) is 12.1. The van der Waals surface area contributed by atoms with Crippen LogP contribution in [0.5, 0.6) is 0 Å². The molecule has 1 heterocycles. The number of carbonyl (C=O) groups excluding carboxylic acids is 1. The van der Waals surface area contributed by atoms with Crippen LogP contribution in [0.15, 0.2) is 30.5 Å². The lowest BCUT2D eigenvalue weighted by Crippen LogP contribution is -2.42. The van der Waals surface area contributed by atoms with Crippen molar-refractivity contribution in [1.82, 2.24) is 9.88 Å². The molecule has 0 aliphatic carbocycles. The molecule has 2 aromatic rings. The Bertz CT molecular complexity index is 683. The Morgan fingerprint density at radius 2 is 2.18 bits per heavy atom. The molecule has 0 aliphatic rings. The summed E-state index contributed by atoms with van der Waals surface area (Å²) in [5.74, 6) is -1.45. The van der Waals surface area contributed by atoms with E-state index in [-0.39, 0.29) is 25.5 Å². The van der Waals surface area contributed by atoms with E-state index in [1.165, 1.54) is 7.11 Å². The molecule has 1 unspecified atom stereocenters. The van der Waals surface area contributed by atoms with Gasteiger partial charge in [0.1, 0.15) is 12.6 Å². The fourth-order valence-electron chi connectivity index (χ4n) is 2.18. The van der Waals surface area contributed by atoms with Crippen LogP contribution in [0.1, 0.15) is 6.42 Å². The van der Waals surface area contributed by atoms with Gasteiger partial charge in [-0.3, -0.25) is 4.79 Å². The van der Waals surface area contributed by atoms with E-state index in [0.717, 1.165) is 10.9 Å². The van der Waals surface area contributed by atoms with Crippen molar-refractivity contribution in [2.24, 2.45) is 0 Å². The zero-order valence-corrected chi connectivity index (χ0v) is 12.8. The van der Waals surface area contributed by atoms with Gasteiger partial charge in [0, 0.05) is 36.9 Å². The van der Waals surface area contributed by atoms with E-state index in [1.807, 2.05) is 12.1 Å². The van der Waals surface area contributed by atoms with Gasteiger partial charge in [0.2, 0.25) is 5.91 Å². The first-order valence-electron chi connectivity index (χ1n) is 6.76. The molecule has 1 aromatic carbocycles. The highest BCUT2D eigenvalue weighted by Gasteiger charge is 2.19. The molecule has 1 atom stereocenters. The van der Waals surface area contributed by atoms with E-state index < -0.39 is 12.0 Å². The van der Waals surface area contributed by atoms with E-state index in [2.05, 4.69) is 5.32 Å². The number of hydrogen-bond donors (Lipinski definition) is 2. The molecule has 2 rings (SSSR count). The van der Waals surface area contributed by atoms with Gasteiger partial charge < -0.3 is 19.7 Å². The highest BCUT2D eigenvalue weighted by molar-refractivity contribution is 6.31. The summed E-state index contributed by atoms with van der Waals surface area (Å²) in [6.45, 7) is 0.292. The molecule has 1 amide bonds. The van der Waals surface area contributed by atoms with Crippen LogP contribution in [-0.2, 0) is 20.9 Å². The average Bonchev–Trinajstić information content (AvgIpc) is 2.85. The van der Waals surface area contributed by atoms with Crippen molar-refractivity contribution in [2.45, 2.75) is 19.0 Å². The Labute approximate surface area is 132 Å². The number of benzene rings is 1. The second-order valence-corrected chi connectivity index (χ2v) is 5.32. The van der Waals surface area contributed by atoms with Crippen LogP contribution in [0, 0.1) is 0 Å². The smallest absolute Gasteiger partial charge is 0.326 e. The molecule has 0 radical (unpaired) electrons. The minimum Gasteiger partial charge on any atom is -0.480 e. The van der Waals surface area contributed by atoms with Crippen molar-refractivity contribution < 1.29 is 19.4 Å². The average molecular weight is 325 g/mol. The third-order valence-corrected chi connectivity index (χ3v) is 3.53. The number of carboxylic acids is 1. The topological polar surface area (TPSA) is 80.6 Å². The summed E-state index contributed by atoms with van der Waals surface area (Å²) in [4.78, 5) is 23.2. The molecule has 0 saturated heterocycles. The van der Waals surface area contributed by atoms with Gasteiger partial charge in [-0.2, -0.15) is 0 Å². The molecular formula is C15H17ClN2O4.